The van der Waals surface area contributed by atoms with Crippen molar-refractivity contribution in [1.29, 1.82) is 0 Å². The first-order valence-corrected chi connectivity index (χ1v) is 28.6. The number of rotatable bonds is 19. The molecule has 14 N–H and O–H groups in total. The van der Waals surface area contributed by atoms with Crippen molar-refractivity contribution in [2.24, 2.45) is 23.5 Å². The molecule has 11 atom stereocenters. The smallest absolute Gasteiger partial charge is 0.382 e. The van der Waals surface area contributed by atoms with Gasteiger partial charge in [-0.2, -0.15) is 0 Å². The third-order valence-corrected chi connectivity index (χ3v) is 16.0. The Morgan fingerprint density at radius 1 is 0.845 bits per heavy atom. The quantitative estimate of drug-likeness (QED) is 0.0462. The largest absolute Gasteiger partial charge is 0.472 e. The molecular formula is C54H72N10O19S. The number of nitrogens with zero attached hydrogens (tertiary/aromatic N) is 1. The maximum Gasteiger partial charge on any atom is 0.382 e. The molecule has 0 spiro atoms. The highest BCUT2D eigenvalue weighted by Gasteiger charge is 2.45. The second-order valence-electron chi connectivity index (χ2n) is 20.9. The van der Waals surface area contributed by atoms with Gasteiger partial charge < -0.3 is 78.0 Å². The Morgan fingerprint density at radius 3 is 2.21 bits per heavy atom. The molecule has 5 rings (SSSR count). The summed E-state index contributed by atoms with van der Waals surface area (Å²) in [6.07, 6.45) is -5.47. The van der Waals surface area contributed by atoms with Crippen LogP contribution in [-0.2, 0) is 90.7 Å². The number of hydrogen-bond acceptors (Lipinski definition) is 18. The number of Topliss-reactive ketones (excluding diaryl/α,β-unsaturated/α-hetero) is 3. The molecule has 29 nitrogen and oxygen atoms in total. The first kappa shape index (κ1) is 66.8. The number of carboxylic acids is 1. The molecule has 2 aromatic rings. The summed E-state index contributed by atoms with van der Waals surface area (Å²) in [4.78, 5) is 178. The second-order valence-corrected chi connectivity index (χ2v) is 22.3. The molecule has 1 aromatic heterocycles. The van der Waals surface area contributed by atoms with E-state index in [2.05, 4.69) is 42.2 Å². The van der Waals surface area contributed by atoms with Gasteiger partial charge in [-0.1, -0.05) is 33.3 Å². The number of fused-ring (bicyclic) bond motifs is 5. The number of benzene rings is 1. The molecule has 84 heavy (non-hydrogen) atoms. The number of amides is 9. The van der Waals surface area contributed by atoms with Crippen molar-refractivity contribution in [3.63, 3.8) is 0 Å². The third kappa shape index (κ3) is 19.3. The normalized spacial score (nSPS) is 24.2. The first-order chi connectivity index (χ1) is 39.8. The van der Waals surface area contributed by atoms with Crippen LogP contribution in [0.3, 0.4) is 0 Å². The van der Waals surface area contributed by atoms with Gasteiger partial charge in [-0.25, -0.2) is 4.79 Å². The summed E-state index contributed by atoms with van der Waals surface area (Å²) in [5.41, 5.74) is 6.26. The highest BCUT2D eigenvalue weighted by molar-refractivity contribution is 7.85. The van der Waals surface area contributed by atoms with Crippen molar-refractivity contribution in [2.45, 2.75) is 132 Å². The van der Waals surface area contributed by atoms with Gasteiger partial charge in [-0.15, -0.1) is 0 Å². The summed E-state index contributed by atoms with van der Waals surface area (Å²) in [5.74, 6) is -12.7. The van der Waals surface area contributed by atoms with Crippen molar-refractivity contribution in [1.82, 2.24) is 47.1 Å². The van der Waals surface area contributed by atoms with Gasteiger partial charge in [-0.3, -0.25) is 61.7 Å². The standard InChI is InChI=1S/C54H72N10O19S/c1-4-27(2)47-51(79)58-22-44(73)59-38-26-84(82)53-35(34-17-29(8-9-36(34)61-53)16-32(67)7-5-6-31(66)12-14-83-15-13-56-43(72)10-11-46(75)76)21-37(49(77)57-23-45(74)62-47)60-52(80)48(28(3)41(70)25-65)63-50(78)39-20-33(68)24-64(39)54(81)30(18-40(38)69)19-42(55)71/h8-9,17,27-28,30,33,37-39,41,47-48,61,65,68,70H,4-7,12-16,18-26H2,1-3H3,(H2,55,71)(H,56,72)(H,57,77)(H,58,79)(H,59,73)(H,60,80)(H,62,74)(H,63,78)(H,75,76)/t27-,28?,30-,33+,37-,38-,39-,41?,47-,48-,84?/m0/s1. The van der Waals surface area contributed by atoms with E-state index in [1.54, 1.807) is 25.8 Å². The average Bonchev–Trinajstić information content (AvgIpc) is 2.58. The number of carbonyl (C=O) groups is 13. The number of aromatic nitrogens is 1. The summed E-state index contributed by atoms with van der Waals surface area (Å²) in [6.45, 7) is 1.64. The number of carboxylic acid groups (broad SMARTS) is 1. The Balaban J connectivity index is 1.57. The Morgan fingerprint density at radius 2 is 1.54 bits per heavy atom. The van der Waals surface area contributed by atoms with Gasteiger partial charge in [0.25, 0.3) is 5.91 Å². The molecule has 0 aliphatic carbocycles. The summed E-state index contributed by atoms with van der Waals surface area (Å²) < 4.78 is 20.4. The maximum atomic E-state index is 15.1. The molecule has 0 radical (unpaired) electrons. The van der Waals surface area contributed by atoms with E-state index in [0.29, 0.717) is 12.0 Å². The van der Waals surface area contributed by atoms with Crippen LogP contribution < -0.4 is 43.0 Å². The van der Waals surface area contributed by atoms with Crippen molar-refractivity contribution in [3.8, 4) is 11.8 Å². The van der Waals surface area contributed by atoms with Crippen LogP contribution in [-0.4, -0.2) is 205 Å². The zero-order valence-corrected chi connectivity index (χ0v) is 47.4. The highest BCUT2D eigenvalue weighted by Crippen LogP contribution is 2.30. The SMILES string of the molecule is CC[C@H](C)[C@@H]1NC(=O)CNC(=O)[C@@H]2Cc3c([nH]c4ccc(CC(=O)CCCC(=O)CCOCCNC(=O)C#CC(=O)O)cc34)S(=O)C[C@H](NC(=O)CNC1=O)C(=O)C[C@@H](CC(N)=O)C(=O)N1C[C@H](O)C[C@H]1C(=O)N[C@@H](C(C)C(O)CO)C(=O)N2. The van der Waals surface area contributed by atoms with Gasteiger partial charge in [0.2, 0.25) is 47.3 Å². The van der Waals surface area contributed by atoms with Crippen molar-refractivity contribution >= 4 is 98.2 Å². The van der Waals surface area contributed by atoms with Gasteiger partial charge in [0.1, 0.15) is 40.8 Å². The summed E-state index contributed by atoms with van der Waals surface area (Å²) in [5, 5.41) is 57.6. The predicted octanol–water partition coefficient (Wildman–Crippen LogP) is -5.07. The van der Waals surface area contributed by atoms with Crippen LogP contribution in [0.25, 0.3) is 10.9 Å². The van der Waals surface area contributed by atoms with Crippen molar-refractivity contribution in [3.05, 3.63) is 29.3 Å². The fourth-order valence-electron chi connectivity index (χ4n) is 9.73. The molecule has 3 aliphatic rings. The fourth-order valence-corrected chi connectivity index (χ4v) is 11.2. The van der Waals surface area contributed by atoms with E-state index in [-0.39, 0.29) is 84.9 Å². The van der Waals surface area contributed by atoms with E-state index in [4.69, 9.17) is 15.6 Å². The van der Waals surface area contributed by atoms with Crippen molar-refractivity contribution in [2.75, 3.05) is 51.8 Å². The molecule has 1 fully saturated rings. The number of nitrogens with one attached hydrogen (secondary N) is 8. The predicted molar refractivity (Wildman–Crippen MR) is 293 cm³/mol. The fraction of sp³-hybridized carbons (Fsp3) is 0.574. The third-order valence-electron chi connectivity index (χ3n) is 14.6. The molecular weight excluding hydrogens is 1120 g/mol. The number of ketones is 3. The number of ether oxygens (including phenoxy) is 1. The molecule has 2 bridgehead atoms. The lowest BCUT2D eigenvalue weighted by Crippen LogP contribution is -2.61. The monoisotopic (exact) mass is 1200 g/mol. The lowest BCUT2D eigenvalue weighted by molar-refractivity contribution is -0.145. The maximum absolute atomic E-state index is 15.1. The minimum Gasteiger partial charge on any atom is -0.472 e. The van der Waals surface area contributed by atoms with Gasteiger partial charge in [-0.05, 0) is 35.6 Å². The van der Waals surface area contributed by atoms with E-state index in [0.717, 1.165) is 4.90 Å². The summed E-state index contributed by atoms with van der Waals surface area (Å²) in [6, 6.07) is -3.63. The molecule has 30 heteroatoms. The number of carbonyl (C=O) groups excluding carboxylic acids is 12. The van der Waals surface area contributed by atoms with Gasteiger partial charge in [0.05, 0.1) is 73.6 Å². The van der Waals surface area contributed by atoms with Crippen LogP contribution in [0.2, 0.25) is 0 Å². The zero-order chi connectivity index (χ0) is 61.9. The van der Waals surface area contributed by atoms with Gasteiger partial charge >= 0.3 is 5.97 Å². The van der Waals surface area contributed by atoms with Crippen LogP contribution in [0.4, 0.5) is 0 Å². The Hall–Kier alpha value is -7.98. The van der Waals surface area contributed by atoms with Crippen LogP contribution in [0, 0.1) is 29.6 Å². The lowest BCUT2D eigenvalue weighted by atomic mass is 9.93. The first-order valence-electron chi connectivity index (χ1n) is 27.3. The number of aliphatic carboxylic acids is 1. The number of hydrogen-bond donors (Lipinski definition) is 13. The average molecular weight is 1200 g/mol. The number of H-pyrrole nitrogens is 1. The van der Waals surface area contributed by atoms with Gasteiger partial charge in [0.15, 0.2) is 5.78 Å². The van der Waals surface area contributed by atoms with E-state index >= 15 is 4.21 Å². The Labute approximate surface area is 484 Å². The number of nitrogens with two attached hydrogens (primary N) is 1. The molecule has 1 aromatic carbocycles. The van der Waals surface area contributed by atoms with Crippen molar-refractivity contribution < 1.29 is 91.7 Å². The molecule has 3 unspecified atom stereocenters. The zero-order valence-electron chi connectivity index (χ0n) is 46.6. The van der Waals surface area contributed by atoms with Crippen LogP contribution in [0.5, 0.6) is 0 Å². The molecule has 1 saturated heterocycles. The minimum atomic E-state index is -2.44. The number of aromatic amines is 1. The molecule has 9 amide bonds. The highest BCUT2D eigenvalue weighted by atomic mass is 32.2. The molecule has 4 heterocycles. The van der Waals surface area contributed by atoms with E-state index in [1.807, 2.05) is 5.92 Å². The van der Waals surface area contributed by atoms with Gasteiger partial charge in [0, 0.05) is 93.1 Å². The molecule has 458 valence electrons. The second kappa shape index (κ2) is 31.6. The van der Waals surface area contributed by atoms with E-state index < -0.39 is 194 Å². The minimum absolute atomic E-state index is 0.00108. The lowest BCUT2D eigenvalue weighted by Gasteiger charge is -2.32. The number of primary amides is 1. The van der Waals surface area contributed by atoms with E-state index in [9.17, 15) is 77.6 Å². The summed E-state index contributed by atoms with van der Waals surface area (Å²) >= 11 is 0. The molecule has 3 aliphatic heterocycles. The van der Waals surface area contributed by atoms with Crippen LogP contribution in [0.15, 0.2) is 23.2 Å². The van der Waals surface area contributed by atoms with Crippen LogP contribution in [0.1, 0.15) is 83.3 Å². The summed E-state index contributed by atoms with van der Waals surface area (Å²) in [7, 11) is -2.44. The number of aliphatic hydroxyl groups is 3. The molecule has 0 saturated carbocycles. The topological polar surface area (TPSA) is 458 Å². The van der Waals surface area contributed by atoms with Crippen LogP contribution >= 0.6 is 0 Å². The Bertz CT molecular complexity index is 2960. The van der Waals surface area contributed by atoms with E-state index in [1.165, 1.54) is 19.1 Å². The number of aliphatic hydroxyl groups excluding tert-OH is 3. The Kier molecular flexibility index (Phi) is 25.1.